The lowest BCUT2D eigenvalue weighted by atomic mass is 9.93. The van der Waals surface area contributed by atoms with Gasteiger partial charge in [-0.2, -0.15) is 0 Å². The summed E-state index contributed by atoms with van der Waals surface area (Å²) in [6, 6.07) is 88.4. The third kappa shape index (κ3) is 6.36. The first kappa shape index (κ1) is 39.7. The van der Waals surface area contributed by atoms with Gasteiger partial charge < -0.3 is 9.13 Å². The average Bonchev–Trinajstić information content (AvgIpc) is 3.96. The molecule has 0 atom stereocenters. The van der Waals surface area contributed by atoms with Gasteiger partial charge in [-0.1, -0.05) is 182 Å². The van der Waals surface area contributed by atoms with Gasteiger partial charge in [0.2, 0.25) is 0 Å². The van der Waals surface area contributed by atoms with Crippen LogP contribution in [0.25, 0.3) is 133 Å². The molecule has 4 heterocycles. The number of pyridine rings is 1. The van der Waals surface area contributed by atoms with Crippen molar-refractivity contribution >= 4 is 65.3 Å². The molecule has 5 heteroatoms. The molecule has 0 radical (unpaired) electrons. The van der Waals surface area contributed by atoms with Crippen LogP contribution in [0.4, 0.5) is 0 Å². The topological polar surface area (TPSA) is 48.5 Å². The molecule has 14 rings (SSSR count). The minimum Gasteiger partial charge on any atom is -0.309 e. The summed E-state index contributed by atoms with van der Waals surface area (Å²) in [5.41, 5.74) is 16.8. The van der Waals surface area contributed by atoms with Crippen LogP contribution >= 0.6 is 0 Å². The van der Waals surface area contributed by atoms with E-state index >= 15 is 0 Å². The van der Waals surface area contributed by atoms with Gasteiger partial charge in [0.25, 0.3) is 0 Å². The van der Waals surface area contributed by atoms with Gasteiger partial charge >= 0.3 is 0 Å². The third-order valence-corrected chi connectivity index (χ3v) is 13.9. The maximum absolute atomic E-state index is 5.60. The zero-order chi connectivity index (χ0) is 46.1. The Bertz CT molecular complexity index is 4250. The van der Waals surface area contributed by atoms with Gasteiger partial charge in [-0.15, -0.1) is 0 Å². The number of aromatic nitrogens is 5. The number of hydrogen-bond donors (Lipinski definition) is 0. The number of hydrogen-bond acceptors (Lipinski definition) is 3. The van der Waals surface area contributed by atoms with E-state index in [1.807, 2.05) is 6.07 Å². The maximum Gasteiger partial charge on any atom is 0.160 e. The quantitative estimate of drug-likeness (QED) is 0.150. The highest BCUT2D eigenvalue weighted by molar-refractivity contribution is 6.30. The largest absolute Gasteiger partial charge is 0.309 e. The molecule has 0 bridgehead atoms. The lowest BCUT2D eigenvalue weighted by molar-refractivity contribution is 1.16. The van der Waals surface area contributed by atoms with E-state index in [0.29, 0.717) is 5.82 Å². The fourth-order valence-electron chi connectivity index (χ4n) is 10.7. The standard InChI is InChI=1S/C65H41N5/c1-4-17-43(18-5-1)55-41-56(67-65(66-55)46-35-37-48(38-36-46)69-57-28-13-10-23-50(57)51-24-11-14-29-58(51)69)44-33-31-42(32-34-44)49-26-16-27-53-61-54(63(68-64(49)53)45-19-6-2-7-20-45)39-40-60-62(61)52-25-12-15-30-59(52)70(60)47-21-8-3-9-22-47/h1-41H. The van der Waals surface area contributed by atoms with Gasteiger partial charge in [0, 0.05) is 76.9 Å². The van der Waals surface area contributed by atoms with E-state index in [1.54, 1.807) is 0 Å². The molecule has 0 spiro atoms. The van der Waals surface area contributed by atoms with Crippen LogP contribution in [0.2, 0.25) is 0 Å². The molecular formula is C65H41N5. The molecule has 4 aromatic heterocycles. The summed E-state index contributed by atoms with van der Waals surface area (Å²) >= 11 is 0. The Hall–Kier alpha value is -9.45. The molecule has 0 saturated carbocycles. The van der Waals surface area contributed by atoms with Crippen LogP contribution in [0.3, 0.4) is 0 Å². The van der Waals surface area contributed by atoms with E-state index in [4.69, 9.17) is 15.0 Å². The second-order valence-corrected chi connectivity index (χ2v) is 17.9. The summed E-state index contributed by atoms with van der Waals surface area (Å²) < 4.78 is 4.73. The lowest BCUT2D eigenvalue weighted by Crippen LogP contribution is -1.97. The number of para-hydroxylation sites is 5. The van der Waals surface area contributed by atoms with E-state index in [9.17, 15) is 0 Å². The zero-order valence-corrected chi connectivity index (χ0v) is 37.9. The molecule has 10 aromatic carbocycles. The minimum atomic E-state index is 0.674. The zero-order valence-electron chi connectivity index (χ0n) is 37.9. The molecule has 0 amide bonds. The molecule has 326 valence electrons. The van der Waals surface area contributed by atoms with Crippen molar-refractivity contribution in [1.82, 2.24) is 24.1 Å². The van der Waals surface area contributed by atoms with Crippen LogP contribution < -0.4 is 0 Å². The predicted octanol–water partition coefficient (Wildman–Crippen LogP) is 16.7. The molecule has 0 N–H and O–H groups in total. The van der Waals surface area contributed by atoms with Crippen molar-refractivity contribution in [2.45, 2.75) is 0 Å². The highest BCUT2D eigenvalue weighted by atomic mass is 15.0. The summed E-state index contributed by atoms with van der Waals surface area (Å²) in [6.07, 6.45) is 0. The summed E-state index contributed by atoms with van der Waals surface area (Å²) in [7, 11) is 0. The van der Waals surface area contributed by atoms with Crippen molar-refractivity contribution < 1.29 is 0 Å². The van der Waals surface area contributed by atoms with E-state index in [-0.39, 0.29) is 0 Å². The normalized spacial score (nSPS) is 11.7. The Morgan fingerprint density at radius 2 is 0.757 bits per heavy atom. The van der Waals surface area contributed by atoms with E-state index in [2.05, 4.69) is 252 Å². The predicted molar refractivity (Wildman–Crippen MR) is 291 cm³/mol. The minimum absolute atomic E-state index is 0.674. The molecule has 5 nitrogen and oxygen atoms in total. The molecule has 0 aliphatic rings. The smallest absolute Gasteiger partial charge is 0.160 e. The molecular weight excluding hydrogens is 851 g/mol. The summed E-state index contributed by atoms with van der Waals surface area (Å²) in [5, 5.41) is 8.37. The fraction of sp³-hybridized carbons (Fsp3) is 0. The maximum atomic E-state index is 5.60. The second kappa shape index (κ2) is 16.1. The Morgan fingerprint density at radius 3 is 1.41 bits per heavy atom. The van der Waals surface area contributed by atoms with Crippen molar-refractivity contribution in [3.8, 4) is 67.7 Å². The number of rotatable bonds is 7. The molecule has 14 aromatic rings. The average molecular weight is 892 g/mol. The number of benzene rings is 10. The van der Waals surface area contributed by atoms with Gasteiger partial charge in [-0.05, 0) is 72.3 Å². The van der Waals surface area contributed by atoms with E-state index in [1.165, 1.54) is 49.0 Å². The Morgan fingerprint density at radius 1 is 0.271 bits per heavy atom. The van der Waals surface area contributed by atoms with Gasteiger partial charge in [-0.25, -0.2) is 15.0 Å². The second-order valence-electron chi connectivity index (χ2n) is 17.9. The van der Waals surface area contributed by atoms with Crippen LogP contribution in [-0.4, -0.2) is 24.1 Å². The summed E-state index contributed by atoms with van der Waals surface area (Å²) in [6.45, 7) is 0. The van der Waals surface area contributed by atoms with Crippen molar-refractivity contribution in [2.75, 3.05) is 0 Å². The molecule has 70 heavy (non-hydrogen) atoms. The lowest BCUT2D eigenvalue weighted by Gasteiger charge is -2.15. The van der Waals surface area contributed by atoms with Gasteiger partial charge in [-0.3, -0.25) is 0 Å². The van der Waals surface area contributed by atoms with Crippen LogP contribution in [0.15, 0.2) is 249 Å². The summed E-state index contributed by atoms with van der Waals surface area (Å²) in [4.78, 5) is 16.0. The fourth-order valence-corrected chi connectivity index (χ4v) is 10.7. The Balaban J connectivity index is 0.910. The number of fused-ring (bicyclic) bond motifs is 10. The van der Waals surface area contributed by atoms with Gasteiger partial charge in [0.15, 0.2) is 5.82 Å². The third-order valence-electron chi connectivity index (χ3n) is 13.9. The highest BCUT2D eigenvalue weighted by Gasteiger charge is 2.21. The molecule has 0 saturated heterocycles. The van der Waals surface area contributed by atoms with Crippen molar-refractivity contribution in [3.05, 3.63) is 249 Å². The van der Waals surface area contributed by atoms with Crippen molar-refractivity contribution in [2.24, 2.45) is 0 Å². The Labute approximate surface area is 403 Å². The first-order valence-corrected chi connectivity index (χ1v) is 23.8. The van der Waals surface area contributed by atoms with Crippen LogP contribution in [-0.2, 0) is 0 Å². The van der Waals surface area contributed by atoms with Gasteiger partial charge in [0.1, 0.15) is 0 Å². The highest BCUT2D eigenvalue weighted by Crippen LogP contribution is 2.44. The molecule has 0 fully saturated rings. The van der Waals surface area contributed by atoms with Crippen LogP contribution in [0.5, 0.6) is 0 Å². The van der Waals surface area contributed by atoms with Crippen LogP contribution in [0, 0.1) is 0 Å². The van der Waals surface area contributed by atoms with Crippen molar-refractivity contribution in [1.29, 1.82) is 0 Å². The van der Waals surface area contributed by atoms with E-state index in [0.717, 1.165) is 78.1 Å². The Kier molecular flexibility index (Phi) is 9.14. The number of nitrogens with zero attached hydrogens (tertiary/aromatic N) is 5. The molecule has 0 aliphatic carbocycles. The summed E-state index contributed by atoms with van der Waals surface area (Å²) in [5.74, 6) is 0.674. The van der Waals surface area contributed by atoms with Crippen LogP contribution in [0.1, 0.15) is 0 Å². The van der Waals surface area contributed by atoms with Gasteiger partial charge in [0.05, 0.1) is 44.7 Å². The van der Waals surface area contributed by atoms with Crippen molar-refractivity contribution in [3.63, 3.8) is 0 Å². The van der Waals surface area contributed by atoms with E-state index < -0.39 is 0 Å². The monoisotopic (exact) mass is 891 g/mol. The molecule has 0 aliphatic heterocycles. The first-order chi connectivity index (χ1) is 34.7. The first-order valence-electron chi connectivity index (χ1n) is 23.8. The molecule has 0 unspecified atom stereocenters. The SMILES string of the molecule is c1ccc(-c2cc(-c3ccc(-c4cccc5c4nc(-c4ccccc4)c4ccc6c(c7ccccc7n6-c6ccccc6)c45)cc3)nc(-c3ccc(-n4c5ccccc5c5ccccc54)cc3)n2)cc1.